The van der Waals surface area contributed by atoms with E-state index in [-0.39, 0.29) is 12.5 Å². The summed E-state index contributed by atoms with van der Waals surface area (Å²) in [6.45, 7) is 3.85. The second-order valence-electron chi connectivity index (χ2n) is 6.28. The monoisotopic (exact) mass is 324 g/mol. The molecule has 4 nitrogen and oxygen atoms in total. The molecule has 1 heterocycles. The lowest BCUT2D eigenvalue weighted by Gasteiger charge is -2.26. The summed E-state index contributed by atoms with van der Waals surface area (Å²) in [4.78, 5) is 11.0. The number of hydrogen-bond donors (Lipinski definition) is 1. The molecule has 2 rings (SSSR count). The van der Waals surface area contributed by atoms with Gasteiger partial charge in [-0.05, 0) is 36.3 Å². The van der Waals surface area contributed by atoms with E-state index in [9.17, 15) is 4.79 Å². The molecule has 1 atom stereocenters. The van der Waals surface area contributed by atoms with Gasteiger partial charge in [0.25, 0.3) is 0 Å². The lowest BCUT2D eigenvalue weighted by Crippen LogP contribution is -2.24. The van der Waals surface area contributed by atoms with Crippen molar-refractivity contribution in [2.75, 3.05) is 18.6 Å². The second-order valence-corrected chi connectivity index (χ2v) is 7.43. The van der Waals surface area contributed by atoms with Crippen molar-refractivity contribution in [2.24, 2.45) is 0 Å². The molecule has 0 aromatic heterocycles. The van der Waals surface area contributed by atoms with E-state index in [4.69, 9.17) is 14.6 Å². The zero-order chi connectivity index (χ0) is 16.2. The van der Waals surface area contributed by atoms with Gasteiger partial charge in [-0.2, -0.15) is 11.8 Å². The summed E-state index contributed by atoms with van der Waals surface area (Å²) in [5, 5.41) is 9.05. The van der Waals surface area contributed by atoms with Gasteiger partial charge in [-0.3, -0.25) is 4.79 Å². The molecule has 0 radical (unpaired) electrons. The lowest BCUT2D eigenvalue weighted by molar-refractivity contribution is -0.138. The molecule has 5 heteroatoms. The highest BCUT2D eigenvalue weighted by Gasteiger charge is 2.26. The van der Waals surface area contributed by atoms with E-state index in [1.807, 2.05) is 43.8 Å². The van der Waals surface area contributed by atoms with Crippen LogP contribution in [0.5, 0.6) is 11.5 Å². The van der Waals surface area contributed by atoms with Crippen LogP contribution in [0, 0.1) is 0 Å². The standard InChI is InChI=1S/C17H24O4S/c1-17(2,10-16(18)19)12-6-7-14(15(9-12)20-3)21-13-5-4-8-22-11-13/h6-7,9,13H,4-5,8,10-11H2,1-3H3,(H,18,19). The van der Waals surface area contributed by atoms with Crippen LogP contribution in [0.1, 0.15) is 38.7 Å². The molecule has 1 aliphatic heterocycles. The highest BCUT2D eigenvalue weighted by atomic mass is 32.2. The quantitative estimate of drug-likeness (QED) is 0.864. The van der Waals surface area contributed by atoms with Crippen molar-refractivity contribution in [3.05, 3.63) is 23.8 Å². The number of thioether (sulfide) groups is 1. The molecule has 1 aromatic carbocycles. The van der Waals surface area contributed by atoms with E-state index in [1.165, 1.54) is 12.2 Å². The van der Waals surface area contributed by atoms with Crippen molar-refractivity contribution < 1.29 is 19.4 Å². The van der Waals surface area contributed by atoms with E-state index < -0.39 is 11.4 Å². The summed E-state index contributed by atoms with van der Waals surface area (Å²) in [5.41, 5.74) is 0.496. The molecule has 1 fully saturated rings. The van der Waals surface area contributed by atoms with Crippen LogP contribution in [0.2, 0.25) is 0 Å². The van der Waals surface area contributed by atoms with Gasteiger partial charge in [-0.1, -0.05) is 19.9 Å². The SMILES string of the molecule is COc1cc(C(C)(C)CC(=O)O)ccc1OC1CCCSC1. The first-order valence-corrected chi connectivity index (χ1v) is 8.72. The molecule has 1 unspecified atom stereocenters. The number of rotatable bonds is 6. The van der Waals surface area contributed by atoms with E-state index >= 15 is 0 Å². The average molecular weight is 324 g/mol. The number of ether oxygens (including phenoxy) is 2. The normalized spacial score (nSPS) is 18.8. The minimum atomic E-state index is -0.802. The third-order valence-electron chi connectivity index (χ3n) is 3.95. The number of methoxy groups -OCH3 is 1. The molecule has 22 heavy (non-hydrogen) atoms. The molecule has 0 amide bonds. The van der Waals surface area contributed by atoms with Crippen LogP contribution < -0.4 is 9.47 Å². The van der Waals surface area contributed by atoms with Gasteiger partial charge in [0, 0.05) is 11.2 Å². The number of aliphatic carboxylic acids is 1. The van der Waals surface area contributed by atoms with E-state index in [2.05, 4.69) is 0 Å². The first-order valence-electron chi connectivity index (χ1n) is 7.57. The predicted molar refractivity (Wildman–Crippen MR) is 89.2 cm³/mol. The summed E-state index contributed by atoms with van der Waals surface area (Å²) in [7, 11) is 1.62. The summed E-state index contributed by atoms with van der Waals surface area (Å²) in [6, 6.07) is 5.74. The fraction of sp³-hybridized carbons (Fsp3) is 0.588. The third kappa shape index (κ3) is 4.32. The maximum atomic E-state index is 11.0. The second kappa shape index (κ2) is 7.27. The molecule has 0 bridgehead atoms. The van der Waals surface area contributed by atoms with Crippen LogP contribution in [0.4, 0.5) is 0 Å². The topological polar surface area (TPSA) is 55.8 Å². The molecule has 1 N–H and O–H groups in total. The summed E-state index contributed by atoms with van der Waals surface area (Å²) < 4.78 is 11.5. The fourth-order valence-corrected chi connectivity index (χ4v) is 3.68. The van der Waals surface area contributed by atoms with Crippen LogP contribution >= 0.6 is 11.8 Å². The molecule has 0 spiro atoms. The maximum absolute atomic E-state index is 11.0. The zero-order valence-electron chi connectivity index (χ0n) is 13.4. The Morgan fingerprint density at radius 3 is 2.77 bits per heavy atom. The predicted octanol–water partition coefficient (Wildman–Crippen LogP) is 3.72. The van der Waals surface area contributed by atoms with Gasteiger partial charge in [0.1, 0.15) is 6.10 Å². The maximum Gasteiger partial charge on any atom is 0.304 e. The molecule has 0 aliphatic carbocycles. The Kier molecular flexibility index (Phi) is 5.62. The summed E-state index contributed by atoms with van der Waals surface area (Å²) >= 11 is 1.92. The van der Waals surface area contributed by atoms with Crippen LogP contribution in [0.15, 0.2) is 18.2 Å². The van der Waals surface area contributed by atoms with Gasteiger partial charge in [0.05, 0.1) is 13.5 Å². The zero-order valence-corrected chi connectivity index (χ0v) is 14.2. The van der Waals surface area contributed by atoms with Crippen molar-refractivity contribution in [3.63, 3.8) is 0 Å². The molecule has 0 saturated carbocycles. The Labute approximate surface area is 136 Å². The first kappa shape index (κ1) is 17.0. The average Bonchev–Trinajstić information content (AvgIpc) is 2.47. The largest absolute Gasteiger partial charge is 0.493 e. The molecular formula is C17H24O4S. The highest BCUT2D eigenvalue weighted by Crippen LogP contribution is 2.36. The van der Waals surface area contributed by atoms with Gasteiger partial charge in [0.15, 0.2) is 11.5 Å². The smallest absolute Gasteiger partial charge is 0.304 e. The highest BCUT2D eigenvalue weighted by molar-refractivity contribution is 7.99. The molecule has 122 valence electrons. The van der Waals surface area contributed by atoms with Gasteiger partial charge in [-0.15, -0.1) is 0 Å². The Bertz CT molecular complexity index is 521. The van der Waals surface area contributed by atoms with Crippen LogP contribution in [-0.4, -0.2) is 35.8 Å². The minimum Gasteiger partial charge on any atom is -0.493 e. The Hall–Kier alpha value is -1.36. The molecule has 1 aromatic rings. The van der Waals surface area contributed by atoms with Crippen molar-refractivity contribution in [1.82, 2.24) is 0 Å². The summed E-state index contributed by atoms with van der Waals surface area (Å²) in [5.74, 6) is 2.83. The number of carboxylic acid groups (broad SMARTS) is 1. The van der Waals surface area contributed by atoms with Gasteiger partial charge >= 0.3 is 5.97 Å². The van der Waals surface area contributed by atoms with E-state index in [0.29, 0.717) is 5.75 Å². The van der Waals surface area contributed by atoms with Crippen LogP contribution in [-0.2, 0) is 10.2 Å². The number of benzene rings is 1. The van der Waals surface area contributed by atoms with Crippen molar-refractivity contribution in [1.29, 1.82) is 0 Å². The fourth-order valence-electron chi connectivity index (χ4n) is 2.65. The minimum absolute atomic E-state index is 0.0790. The van der Waals surface area contributed by atoms with E-state index in [1.54, 1.807) is 7.11 Å². The number of hydrogen-bond acceptors (Lipinski definition) is 4. The Balaban J connectivity index is 2.18. The van der Waals surface area contributed by atoms with E-state index in [0.717, 1.165) is 23.5 Å². The Morgan fingerprint density at radius 1 is 1.41 bits per heavy atom. The van der Waals surface area contributed by atoms with Crippen LogP contribution in [0.3, 0.4) is 0 Å². The Morgan fingerprint density at radius 2 is 2.18 bits per heavy atom. The van der Waals surface area contributed by atoms with Crippen molar-refractivity contribution >= 4 is 17.7 Å². The van der Waals surface area contributed by atoms with Gasteiger partial charge in [-0.25, -0.2) is 0 Å². The van der Waals surface area contributed by atoms with Gasteiger partial charge in [0.2, 0.25) is 0 Å². The van der Waals surface area contributed by atoms with Crippen molar-refractivity contribution in [2.45, 2.75) is 44.6 Å². The van der Waals surface area contributed by atoms with Crippen molar-refractivity contribution in [3.8, 4) is 11.5 Å². The first-order chi connectivity index (χ1) is 10.4. The molecular weight excluding hydrogens is 300 g/mol. The molecule has 1 saturated heterocycles. The number of carbonyl (C=O) groups is 1. The molecule has 1 aliphatic rings. The third-order valence-corrected chi connectivity index (χ3v) is 5.14. The van der Waals surface area contributed by atoms with Crippen LogP contribution in [0.25, 0.3) is 0 Å². The summed E-state index contributed by atoms with van der Waals surface area (Å²) in [6.07, 6.45) is 2.56. The lowest BCUT2D eigenvalue weighted by atomic mass is 9.81. The van der Waals surface area contributed by atoms with Gasteiger partial charge < -0.3 is 14.6 Å². The number of carboxylic acids is 1.